The average molecular weight is 315 g/mol. The van der Waals surface area contributed by atoms with Gasteiger partial charge in [-0.15, -0.1) is 0 Å². The maximum atomic E-state index is 12.4. The van der Waals surface area contributed by atoms with Crippen LogP contribution in [0.25, 0.3) is 0 Å². The number of benzene rings is 1. The van der Waals surface area contributed by atoms with Crippen LogP contribution in [0.3, 0.4) is 0 Å². The van der Waals surface area contributed by atoms with Gasteiger partial charge in [-0.1, -0.05) is 50.1 Å². The molecule has 1 amide bonds. The number of ether oxygens (including phenoxy) is 1. The summed E-state index contributed by atoms with van der Waals surface area (Å²) in [6.45, 7) is 2.00. The lowest BCUT2D eigenvalue weighted by atomic mass is 9.86. The molecule has 2 fully saturated rings. The van der Waals surface area contributed by atoms with Gasteiger partial charge < -0.3 is 10.1 Å². The number of amides is 1. The van der Waals surface area contributed by atoms with E-state index in [4.69, 9.17) is 4.74 Å². The standard InChI is InChI=1S/C19H25NO3/c1-14-7-5-6-10-16(14)20-17(21)13-23-18(22)19(11-12-19)15-8-3-2-4-9-15/h2-4,8-9,14,16H,5-7,10-13H2,1H3,(H,20,21)/t14-,16-/m1/s1. The zero-order chi connectivity index (χ0) is 16.3. The highest BCUT2D eigenvalue weighted by atomic mass is 16.5. The second kappa shape index (κ2) is 6.73. The average Bonchev–Trinajstić information content (AvgIpc) is 3.37. The van der Waals surface area contributed by atoms with Crippen LogP contribution >= 0.6 is 0 Å². The molecule has 2 atom stereocenters. The van der Waals surface area contributed by atoms with Crippen LogP contribution in [-0.2, 0) is 19.7 Å². The largest absolute Gasteiger partial charge is 0.455 e. The van der Waals surface area contributed by atoms with E-state index in [9.17, 15) is 9.59 Å². The Bertz CT molecular complexity index is 565. The molecule has 0 aromatic heterocycles. The van der Waals surface area contributed by atoms with E-state index in [1.165, 1.54) is 6.42 Å². The van der Waals surface area contributed by atoms with Gasteiger partial charge in [-0.2, -0.15) is 0 Å². The normalized spacial score (nSPS) is 25.4. The molecule has 0 saturated heterocycles. The SMILES string of the molecule is C[C@@H]1CCCC[C@H]1NC(=O)COC(=O)C1(c2ccccc2)CC1. The maximum absolute atomic E-state index is 12.4. The predicted octanol–water partition coefficient (Wildman–Crippen LogP) is 2.96. The molecule has 4 nitrogen and oxygen atoms in total. The van der Waals surface area contributed by atoms with Crippen LogP contribution < -0.4 is 5.32 Å². The zero-order valence-corrected chi connectivity index (χ0v) is 13.7. The fraction of sp³-hybridized carbons (Fsp3) is 0.579. The molecule has 124 valence electrons. The molecular weight excluding hydrogens is 290 g/mol. The van der Waals surface area contributed by atoms with Crippen LogP contribution in [0.15, 0.2) is 30.3 Å². The van der Waals surface area contributed by atoms with Gasteiger partial charge in [0.25, 0.3) is 5.91 Å². The molecule has 0 heterocycles. The first-order valence-corrected chi connectivity index (χ1v) is 8.64. The summed E-state index contributed by atoms with van der Waals surface area (Å²) in [4.78, 5) is 24.4. The van der Waals surface area contributed by atoms with E-state index in [-0.39, 0.29) is 24.5 Å². The Morgan fingerprint density at radius 1 is 1.17 bits per heavy atom. The first-order valence-electron chi connectivity index (χ1n) is 8.64. The second-order valence-electron chi connectivity index (χ2n) is 6.96. The summed E-state index contributed by atoms with van der Waals surface area (Å²) >= 11 is 0. The molecular formula is C19H25NO3. The van der Waals surface area contributed by atoms with E-state index < -0.39 is 5.41 Å². The van der Waals surface area contributed by atoms with Crippen LogP contribution in [0.5, 0.6) is 0 Å². The molecule has 23 heavy (non-hydrogen) atoms. The van der Waals surface area contributed by atoms with Gasteiger partial charge in [-0.3, -0.25) is 9.59 Å². The fourth-order valence-corrected chi connectivity index (χ4v) is 3.54. The highest BCUT2D eigenvalue weighted by Crippen LogP contribution is 2.49. The monoisotopic (exact) mass is 315 g/mol. The third-order valence-corrected chi connectivity index (χ3v) is 5.26. The van der Waals surface area contributed by atoms with Gasteiger partial charge in [0, 0.05) is 6.04 Å². The molecule has 2 aliphatic carbocycles. The van der Waals surface area contributed by atoms with E-state index >= 15 is 0 Å². The van der Waals surface area contributed by atoms with Crippen molar-refractivity contribution in [3.8, 4) is 0 Å². The summed E-state index contributed by atoms with van der Waals surface area (Å²) in [6.07, 6.45) is 6.18. The van der Waals surface area contributed by atoms with Crippen LogP contribution in [0.2, 0.25) is 0 Å². The lowest BCUT2D eigenvalue weighted by molar-refractivity contribution is -0.151. The van der Waals surface area contributed by atoms with Crippen LogP contribution in [0.4, 0.5) is 0 Å². The molecule has 4 heteroatoms. The third kappa shape index (κ3) is 3.57. The Hall–Kier alpha value is -1.84. The summed E-state index contributed by atoms with van der Waals surface area (Å²) in [5.41, 5.74) is 0.478. The molecule has 2 aliphatic rings. The van der Waals surface area contributed by atoms with E-state index in [0.717, 1.165) is 37.7 Å². The van der Waals surface area contributed by atoms with Gasteiger partial charge in [0.05, 0.1) is 5.41 Å². The zero-order valence-electron chi connectivity index (χ0n) is 13.7. The Labute approximate surface area is 137 Å². The van der Waals surface area contributed by atoms with Crippen molar-refractivity contribution in [2.45, 2.75) is 56.9 Å². The summed E-state index contributed by atoms with van der Waals surface area (Å²) in [6, 6.07) is 9.93. The fourth-order valence-electron chi connectivity index (χ4n) is 3.54. The van der Waals surface area contributed by atoms with Gasteiger partial charge in [-0.05, 0) is 37.2 Å². The molecule has 1 aromatic carbocycles. The summed E-state index contributed by atoms with van der Waals surface area (Å²) in [7, 11) is 0. The number of hydrogen-bond donors (Lipinski definition) is 1. The minimum Gasteiger partial charge on any atom is -0.455 e. The number of nitrogens with one attached hydrogen (secondary N) is 1. The van der Waals surface area contributed by atoms with E-state index in [2.05, 4.69) is 12.2 Å². The second-order valence-corrected chi connectivity index (χ2v) is 6.96. The summed E-state index contributed by atoms with van der Waals surface area (Å²) < 4.78 is 5.31. The quantitative estimate of drug-likeness (QED) is 0.850. The Kier molecular flexibility index (Phi) is 4.69. The topological polar surface area (TPSA) is 55.4 Å². The molecule has 0 unspecified atom stereocenters. The van der Waals surface area contributed by atoms with E-state index in [0.29, 0.717) is 5.92 Å². The lowest BCUT2D eigenvalue weighted by Gasteiger charge is -2.29. The third-order valence-electron chi connectivity index (χ3n) is 5.26. The molecule has 2 saturated carbocycles. The van der Waals surface area contributed by atoms with Crippen molar-refractivity contribution in [3.63, 3.8) is 0 Å². The van der Waals surface area contributed by atoms with Gasteiger partial charge in [0.1, 0.15) is 0 Å². The maximum Gasteiger partial charge on any atom is 0.317 e. The number of esters is 1. The number of carbonyl (C=O) groups is 2. The number of carbonyl (C=O) groups excluding carboxylic acids is 2. The molecule has 0 aliphatic heterocycles. The molecule has 3 rings (SSSR count). The first kappa shape index (κ1) is 16.0. The van der Waals surface area contributed by atoms with Crippen molar-refractivity contribution in [2.75, 3.05) is 6.61 Å². The number of rotatable bonds is 5. The molecule has 0 bridgehead atoms. The van der Waals surface area contributed by atoms with Crippen molar-refractivity contribution < 1.29 is 14.3 Å². The van der Waals surface area contributed by atoms with Crippen LogP contribution in [0, 0.1) is 5.92 Å². The van der Waals surface area contributed by atoms with Crippen molar-refractivity contribution in [3.05, 3.63) is 35.9 Å². The Balaban J connectivity index is 1.50. The Morgan fingerprint density at radius 3 is 2.52 bits per heavy atom. The minimum absolute atomic E-state index is 0.170. The smallest absolute Gasteiger partial charge is 0.317 e. The highest BCUT2D eigenvalue weighted by molar-refractivity contribution is 5.89. The number of hydrogen-bond acceptors (Lipinski definition) is 3. The Morgan fingerprint density at radius 2 is 1.87 bits per heavy atom. The van der Waals surface area contributed by atoms with Crippen molar-refractivity contribution in [1.82, 2.24) is 5.32 Å². The van der Waals surface area contributed by atoms with Gasteiger partial charge >= 0.3 is 5.97 Å². The summed E-state index contributed by atoms with van der Waals surface area (Å²) in [5, 5.41) is 3.02. The molecule has 0 spiro atoms. The highest BCUT2D eigenvalue weighted by Gasteiger charge is 2.52. The van der Waals surface area contributed by atoms with E-state index in [1.807, 2.05) is 30.3 Å². The molecule has 1 aromatic rings. The first-order chi connectivity index (χ1) is 11.1. The lowest BCUT2D eigenvalue weighted by Crippen LogP contribution is -2.43. The molecule has 0 radical (unpaired) electrons. The van der Waals surface area contributed by atoms with Crippen molar-refractivity contribution >= 4 is 11.9 Å². The van der Waals surface area contributed by atoms with Gasteiger partial charge in [-0.25, -0.2) is 0 Å². The van der Waals surface area contributed by atoms with Gasteiger partial charge in [0.2, 0.25) is 0 Å². The van der Waals surface area contributed by atoms with Crippen molar-refractivity contribution in [2.24, 2.45) is 5.92 Å². The van der Waals surface area contributed by atoms with E-state index in [1.54, 1.807) is 0 Å². The summed E-state index contributed by atoms with van der Waals surface area (Å²) in [5.74, 6) is 0.0546. The predicted molar refractivity (Wildman–Crippen MR) is 87.9 cm³/mol. The van der Waals surface area contributed by atoms with Crippen LogP contribution in [-0.4, -0.2) is 24.5 Å². The van der Waals surface area contributed by atoms with Gasteiger partial charge in [0.15, 0.2) is 6.61 Å². The molecule has 1 N–H and O–H groups in total. The minimum atomic E-state index is -0.514. The van der Waals surface area contributed by atoms with Crippen molar-refractivity contribution in [1.29, 1.82) is 0 Å². The van der Waals surface area contributed by atoms with Crippen LogP contribution in [0.1, 0.15) is 51.0 Å².